The second kappa shape index (κ2) is 7.32. The van der Waals surface area contributed by atoms with Gasteiger partial charge in [0.25, 0.3) is 5.56 Å². The van der Waals surface area contributed by atoms with Crippen LogP contribution in [0, 0.1) is 5.92 Å². The van der Waals surface area contributed by atoms with E-state index in [1.807, 2.05) is 18.2 Å². The third-order valence-electron chi connectivity index (χ3n) is 4.51. The van der Waals surface area contributed by atoms with E-state index in [4.69, 9.17) is 5.11 Å². The molecule has 0 aliphatic carbocycles. The molecule has 130 valence electrons. The molecule has 2 heterocycles. The zero-order chi connectivity index (χ0) is 17.1. The predicted octanol–water partition coefficient (Wildman–Crippen LogP) is 1.17. The zero-order valence-electron chi connectivity index (χ0n) is 14.5. The van der Waals surface area contributed by atoms with Crippen LogP contribution in [0.4, 0.5) is 5.69 Å². The van der Waals surface area contributed by atoms with Crippen LogP contribution in [0.3, 0.4) is 0 Å². The first-order valence-corrected chi connectivity index (χ1v) is 8.66. The molecule has 0 spiro atoms. The van der Waals surface area contributed by atoms with E-state index in [2.05, 4.69) is 28.6 Å². The van der Waals surface area contributed by atoms with Crippen molar-refractivity contribution < 1.29 is 5.11 Å². The minimum Gasteiger partial charge on any atom is -0.395 e. The molecule has 3 rings (SSSR count). The van der Waals surface area contributed by atoms with Gasteiger partial charge in [-0.05, 0) is 24.1 Å². The number of rotatable bonds is 5. The molecule has 6 heteroatoms. The Morgan fingerprint density at radius 3 is 2.62 bits per heavy atom. The van der Waals surface area contributed by atoms with Gasteiger partial charge in [0.2, 0.25) is 0 Å². The summed E-state index contributed by atoms with van der Waals surface area (Å²) >= 11 is 0. The molecular formula is C18H26N4O2. The average Bonchev–Trinajstić information content (AvgIpc) is 2.57. The van der Waals surface area contributed by atoms with E-state index < -0.39 is 0 Å². The van der Waals surface area contributed by atoms with E-state index in [1.165, 1.54) is 10.9 Å². The second-order valence-electron chi connectivity index (χ2n) is 6.85. The molecule has 1 aliphatic heterocycles. The number of benzene rings is 1. The molecule has 1 aromatic heterocycles. The van der Waals surface area contributed by atoms with Crippen LogP contribution in [0.2, 0.25) is 0 Å². The predicted molar refractivity (Wildman–Crippen MR) is 96.6 cm³/mol. The minimum absolute atomic E-state index is 0.0637. The first-order chi connectivity index (χ1) is 11.6. The molecule has 6 nitrogen and oxygen atoms in total. The van der Waals surface area contributed by atoms with Crippen molar-refractivity contribution in [2.75, 3.05) is 44.2 Å². The summed E-state index contributed by atoms with van der Waals surface area (Å²) in [5.74, 6) is 0.697. The summed E-state index contributed by atoms with van der Waals surface area (Å²) in [6.45, 7) is 10.0. The Kier molecular flexibility index (Phi) is 5.16. The number of fused-ring (bicyclic) bond motifs is 1. The first-order valence-electron chi connectivity index (χ1n) is 8.66. The molecular weight excluding hydrogens is 304 g/mol. The molecule has 1 saturated heterocycles. The molecule has 0 radical (unpaired) electrons. The zero-order valence-corrected chi connectivity index (χ0v) is 14.5. The SMILES string of the molecule is CC(C)CN1CCN(c2ccc3c(=O)n(CCO)cnc3c2)CC1. The van der Waals surface area contributed by atoms with Crippen LogP contribution in [0.1, 0.15) is 13.8 Å². The number of aliphatic hydroxyl groups excluding tert-OH is 1. The highest BCUT2D eigenvalue weighted by Gasteiger charge is 2.18. The van der Waals surface area contributed by atoms with Crippen molar-refractivity contribution >= 4 is 16.6 Å². The van der Waals surface area contributed by atoms with E-state index in [9.17, 15) is 4.79 Å². The van der Waals surface area contributed by atoms with Crippen molar-refractivity contribution in [2.45, 2.75) is 20.4 Å². The summed E-state index contributed by atoms with van der Waals surface area (Å²) in [5.41, 5.74) is 1.75. The number of anilines is 1. The van der Waals surface area contributed by atoms with Crippen molar-refractivity contribution in [3.8, 4) is 0 Å². The molecule has 0 unspecified atom stereocenters. The summed E-state index contributed by atoms with van der Waals surface area (Å²) in [7, 11) is 0. The van der Waals surface area contributed by atoms with Gasteiger partial charge in [0, 0.05) is 38.4 Å². The highest BCUT2D eigenvalue weighted by molar-refractivity contribution is 5.81. The Bertz CT molecular complexity index is 748. The normalized spacial score (nSPS) is 16.2. The lowest BCUT2D eigenvalue weighted by Crippen LogP contribution is -2.47. The molecule has 2 aromatic rings. The molecule has 1 N–H and O–H groups in total. The number of piperazine rings is 1. The van der Waals surface area contributed by atoms with Gasteiger partial charge in [-0.3, -0.25) is 14.3 Å². The van der Waals surface area contributed by atoms with Crippen LogP contribution in [0.25, 0.3) is 10.9 Å². The monoisotopic (exact) mass is 330 g/mol. The number of aromatic nitrogens is 2. The molecule has 1 fully saturated rings. The van der Waals surface area contributed by atoms with Crippen molar-refractivity contribution in [3.05, 3.63) is 34.9 Å². The molecule has 1 aromatic carbocycles. The van der Waals surface area contributed by atoms with E-state index in [0.29, 0.717) is 11.3 Å². The highest BCUT2D eigenvalue weighted by Crippen LogP contribution is 2.20. The second-order valence-corrected chi connectivity index (χ2v) is 6.85. The molecule has 0 bridgehead atoms. The van der Waals surface area contributed by atoms with Crippen molar-refractivity contribution in [2.24, 2.45) is 5.92 Å². The lowest BCUT2D eigenvalue weighted by Gasteiger charge is -2.36. The Hall–Kier alpha value is -1.92. The van der Waals surface area contributed by atoms with Crippen molar-refractivity contribution in [1.82, 2.24) is 14.5 Å². The molecule has 0 atom stereocenters. The Morgan fingerprint density at radius 2 is 1.96 bits per heavy atom. The van der Waals surface area contributed by atoms with Crippen molar-refractivity contribution in [1.29, 1.82) is 0 Å². The van der Waals surface area contributed by atoms with Crippen LogP contribution in [0.15, 0.2) is 29.3 Å². The van der Waals surface area contributed by atoms with Gasteiger partial charge in [-0.25, -0.2) is 4.98 Å². The largest absolute Gasteiger partial charge is 0.395 e. The number of nitrogens with zero attached hydrogens (tertiary/aromatic N) is 4. The molecule has 1 aliphatic rings. The summed E-state index contributed by atoms with van der Waals surface area (Å²) in [6, 6.07) is 5.86. The number of hydrogen-bond donors (Lipinski definition) is 1. The van der Waals surface area contributed by atoms with Crippen LogP contribution in [0.5, 0.6) is 0 Å². The van der Waals surface area contributed by atoms with Crippen molar-refractivity contribution in [3.63, 3.8) is 0 Å². The van der Waals surface area contributed by atoms with Crippen LogP contribution < -0.4 is 10.5 Å². The maximum Gasteiger partial charge on any atom is 0.261 e. The van der Waals surface area contributed by atoms with E-state index in [0.717, 1.165) is 43.9 Å². The highest BCUT2D eigenvalue weighted by atomic mass is 16.3. The summed E-state index contributed by atoms with van der Waals surface area (Å²) in [6.07, 6.45) is 1.52. The Morgan fingerprint density at radius 1 is 1.21 bits per heavy atom. The van der Waals surface area contributed by atoms with Gasteiger partial charge < -0.3 is 10.0 Å². The number of hydrogen-bond acceptors (Lipinski definition) is 5. The third kappa shape index (κ3) is 3.60. The lowest BCUT2D eigenvalue weighted by atomic mass is 10.1. The molecule has 0 saturated carbocycles. The van der Waals surface area contributed by atoms with E-state index in [-0.39, 0.29) is 18.7 Å². The molecule has 24 heavy (non-hydrogen) atoms. The van der Waals surface area contributed by atoms with Crippen LogP contribution in [-0.2, 0) is 6.54 Å². The Balaban J connectivity index is 1.77. The minimum atomic E-state index is -0.0950. The fourth-order valence-corrected chi connectivity index (χ4v) is 3.32. The quantitative estimate of drug-likeness (QED) is 0.892. The number of aliphatic hydroxyl groups is 1. The van der Waals surface area contributed by atoms with Gasteiger partial charge >= 0.3 is 0 Å². The Labute approximate surface area is 142 Å². The van der Waals surface area contributed by atoms with Gasteiger partial charge in [-0.1, -0.05) is 13.8 Å². The summed E-state index contributed by atoms with van der Waals surface area (Å²) < 4.78 is 1.45. The van der Waals surface area contributed by atoms with Gasteiger partial charge in [0.1, 0.15) is 0 Å². The topological polar surface area (TPSA) is 61.6 Å². The van der Waals surface area contributed by atoms with Gasteiger partial charge in [-0.15, -0.1) is 0 Å². The third-order valence-corrected chi connectivity index (χ3v) is 4.51. The average molecular weight is 330 g/mol. The smallest absolute Gasteiger partial charge is 0.261 e. The van der Waals surface area contributed by atoms with Gasteiger partial charge in [0.15, 0.2) is 0 Å². The van der Waals surface area contributed by atoms with Gasteiger partial charge in [0.05, 0.1) is 30.4 Å². The van der Waals surface area contributed by atoms with E-state index in [1.54, 1.807) is 0 Å². The van der Waals surface area contributed by atoms with Crippen LogP contribution >= 0.6 is 0 Å². The summed E-state index contributed by atoms with van der Waals surface area (Å²) in [5, 5.41) is 9.61. The summed E-state index contributed by atoms with van der Waals surface area (Å²) in [4.78, 5) is 21.6. The fraction of sp³-hybridized carbons (Fsp3) is 0.556. The maximum atomic E-state index is 12.3. The molecule has 0 amide bonds. The van der Waals surface area contributed by atoms with E-state index >= 15 is 0 Å². The van der Waals surface area contributed by atoms with Crippen LogP contribution in [-0.4, -0.2) is 58.9 Å². The first kappa shape index (κ1) is 16.9. The maximum absolute atomic E-state index is 12.3. The lowest BCUT2D eigenvalue weighted by molar-refractivity contribution is 0.231. The fourth-order valence-electron chi connectivity index (χ4n) is 3.32. The standard InChI is InChI=1S/C18H26N4O2/c1-14(2)12-20-5-7-21(8-6-20)15-3-4-16-17(11-15)19-13-22(9-10-23)18(16)24/h3-4,11,13-14,23H,5-10,12H2,1-2H3. The van der Waals surface area contributed by atoms with Gasteiger partial charge in [-0.2, -0.15) is 0 Å².